The Morgan fingerprint density at radius 2 is 1.73 bits per heavy atom. The highest BCUT2D eigenvalue weighted by Gasteiger charge is 2.14. The van der Waals surface area contributed by atoms with Crippen LogP contribution in [0.2, 0.25) is 0 Å². The molecular weight excluding hydrogens is 181 g/mol. The maximum atomic E-state index is 5.40. The molecule has 1 heterocycles. The lowest BCUT2D eigenvalue weighted by Gasteiger charge is -2.25. The Labute approximate surface area is 72.8 Å². The molecule has 0 bridgehead atoms. The molecule has 0 aromatic rings. The standard InChI is InChI=1S/C6H14NO2PS/c1-7-3-5-8-10(2,11)9-6-4-7/h3-6H2,1-2H3. The van der Waals surface area contributed by atoms with Gasteiger partial charge in [0.2, 0.25) is 0 Å². The van der Waals surface area contributed by atoms with Crippen molar-refractivity contribution < 1.29 is 9.05 Å². The molecule has 0 aliphatic carbocycles. The average molecular weight is 195 g/mol. The smallest absolute Gasteiger partial charge is 0.185 e. The van der Waals surface area contributed by atoms with E-state index >= 15 is 0 Å². The van der Waals surface area contributed by atoms with Crippen molar-refractivity contribution in [2.45, 2.75) is 0 Å². The quantitative estimate of drug-likeness (QED) is 0.535. The van der Waals surface area contributed by atoms with Gasteiger partial charge in [0.15, 0.2) is 6.49 Å². The molecule has 0 amide bonds. The summed E-state index contributed by atoms with van der Waals surface area (Å²) < 4.78 is 10.8. The van der Waals surface area contributed by atoms with E-state index in [9.17, 15) is 0 Å². The molecule has 1 aliphatic heterocycles. The Morgan fingerprint density at radius 1 is 1.27 bits per heavy atom. The maximum absolute atomic E-state index is 5.40. The number of likely N-dealkylation sites (N-methyl/N-ethyl adjacent to an activating group) is 1. The third kappa shape index (κ3) is 3.63. The lowest BCUT2D eigenvalue weighted by atomic mass is 10.5. The van der Waals surface area contributed by atoms with E-state index in [0.29, 0.717) is 13.2 Å². The van der Waals surface area contributed by atoms with Gasteiger partial charge in [0.1, 0.15) is 0 Å². The Balaban J connectivity index is 2.41. The van der Waals surface area contributed by atoms with E-state index in [1.165, 1.54) is 0 Å². The van der Waals surface area contributed by atoms with E-state index in [1.54, 1.807) is 0 Å². The van der Waals surface area contributed by atoms with E-state index in [-0.39, 0.29) is 0 Å². The van der Waals surface area contributed by atoms with Crippen molar-refractivity contribution in [3.63, 3.8) is 0 Å². The highest BCUT2D eigenvalue weighted by molar-refractivity contribution is 8.09. The normalized spacial score (nSPS) is 27.5. The first kappa shape index (κ1) is 9.62. The highest BCUT2D eigenvalue weighted by atomic mass is 32.5. The predicted molar refractivity (Wildman–Crippen MR) is 49.6 cm³/mol. The van der Waals surface area contributed by atoms with E-state index in [2.05, 4.69) is 11.9 Å². The molecule has 0 aromatic heterocycles. The minimum atomic E-state index is -1.88. The third-order valence-electron chi connectivity index (χ3n) is 1.60. The molecule has 1 rings (SSSR count). The van der Waals surface area contributed by atoms with Crippen molar-refractivity contribution in [1.82, 2.24) is 4.90 Å². The van der Waals surface area contributed by atoms with Crippen molar-refractivity contribution in [3.05, 3.63) is 0 Å². The maximum Gasteiger partial charge on any atom is 0.185 e. The second-order valence-corrected chi connectivity index (χ2v) is 6.79. The number of hydrogen-bond acceptors (Lipinski definition) is 4. The molecule has 5 heteroatoms. The van der Waals surface area contributed by atoms with Crippen LogP contribution < -0.4 is 0 Å². The second-order valence-electron chi connectivity index (χ2n) is 2.74. The Morgan fingerprint density at radius 3 is 2.18 bits per heavy atom. The molecule has 1 aliphatic rings. The fourth-order valence-electron chi connectivity index (χ4n) is 0.874. The summed E-state index contributed by atoms with van der Waals surface area (Å²) in [7, 11) is 2.05. The Hall–Kier alpha value is 0.530. The fraction of sp³-hybridized carbons (Fsp3) is 1.00. The monoisotopic (exact) mass is 195 g/mol. The first-order valence-electron chi connectivity index (χ1n) is 3.65. The van der Waals surface area contributed by atoms with Crippen LogP contribution in [0.3, 0.4) is 0 Å². The van der Waals surface area contributed by atoms with Crippen LogP contribution in [0, 0.1) is 0 Å². The summed E-state index contributed by atoms with van der Waals surface area (Å²) in [5, 5.41) is 0. The van der Waals surface area contributed by atoms with E-state index in [0.717, 1.165) is 13.1 Å². The van der Waals surface area contributed by atoms with Crippen molar-refractivity contribution in [1.29, 1.82) is 0 Å². The van der Waals surface area contributed by atoms with Gasteiger partial charge in [-0.2, -0.15) is 0 Å². The summed E-state index contributed by atoms with van der Waals surface area (Å²) in [5.74, 6) is 0. The van der Waals surface area contributed by atoms with Crippen LogP contribution in [0.15, 0.2) is 0 Å². The molecule has 0 atom stereocenters. The van der Waals surface area contributed by atoms with Crippen LogP contribution in [0.4, 0.5) is 0 Å². The zero-order chi connectivity index (χ0) is 8.32. The van der Waals surface area contributed by atoms with E-state index < -0.39 is 6.49 Å². The summed E-state index contributed by atoms with van der Waals surface area (Å²) >= 11 is 5.13. The van der Waals surface area contributed by atoms with Crippen LogP contribution in [0.1, 0.15) is 0 Å². The van der Waals surface area contributed by atoms with Crippen LogP contribution in [0.25, 0.3) is 0 Å². The average Bonchev–Trinajstić information content (AvgIpc) is 1.83. The van der Waals surface area contributed by atoms with Crippen LogP contribution in [-0.4, -0.2) is 44.9 Å². The Bertz CT molecular complexity index is 162. The lowest BCUT2D eigenvalue weighted by Crippen LogP contribution is -2.28. The minimum Gasteiger partial charge on any atom is -0.328 e. The van der Waals surface area contributed by atoms with Crippen molar-refractivity contribution >= 4 is 18.3 Å². The molecule has 66 valence electrons. The first-order valence-corrected chi connectivity index (χ1v) is 6.74. The summed E-state index contributed by atoms with van der Waals surface area (Å²) in [5.41, 5.74) is 0. The molecule has 1 fully saturated rings. The van der Waals surface area contributed by atoms with Gasteiger partial charge >= 0.3 is 0 Å². The van der Waals surface area contributed by atoms with E-state index in [4.69, 9.17) is 20.9 Å². The first-order chi connectivity index (χ1) is 5.10. The number of nitrogens with zero attached hydrogens (tertiary/aromatic N) is 1. The van der Waals surface area contributed by atoms with Gasteiger partial charge in [0.05, 0.1) is 13.2 Å². The largest absolute Gasteiger partial charge is 0.328 e. The van der Waals surface area contributed by atoms with Crippen LogP contribution in [-0.2, 0) is 20.9 Å². The molecule has 0 N–H and O–H groups in total. The molecular formula is C6H14NO2PS. The summed E-state index contributed by atoms with van der Waals surface area (Å²) in [6.45, 7) is 3.31. The lowest BCUT2D eigenvalue weighted by molar-refractivity contribution is 0.160. The van der Waals surface area contributed by atoms with Gasteiger partial charge in [-0.1, -0.05) is 0 Å². The predicted octanol–water partition coefficient (Wildman–Crippen LogP) is 0.904. The SMILES string of the molecule is CN1CCOP(C)(=S)OCC1. The summed E-state index contributed by atoms with van der Waals surface area (Å²) in [6.07, 6.45) is 0. The Kier molecular flexibility index (Phi) is 3.47. The molecule has 0 saturated carbocycles. The summed E-state index contributed by atoms with van der Waals surface area (Å²) in [4.78, 5) is 2.18. The minimum absolute atomic E-state index is 0.699. The van der Waals surface area contributed by atoms with Crippen LogP contribution >= 0.6 is 6.49 Å². The van der Waals surface area contributed by atoms with Gasteiger partial charge in [-0.05, 0) is 18.9 Å². The topological polar surface area (TPSA) is 21.7 Å². The molecule has 3 nitrogen and oxygen atoms in total. The number of hydrogen-bond donors (Lipinski definition) is 0. The van der Waals surface area contributed by atoms with Gasteiger partial charge in [0.25, 0.3) is 0 Å². The van der Waals surface area contributed by atoms with Gasteiger partial charge in [-0.25, -0.2) is 0 Å². The second kappa shape index (κ2) is 3.97. The van der Waals surface area contributed by atoms with Gasteiger partial charge in [0, 0.05) is 19.8 Å². The molecule has 0 radical (unpaired) electrons. The molecule has 1 saturated heterocycles. The zero-order valence-electron chi connectivity index (χ0n) is 6.95. The van der Waals surface area contributed by atoms with Crippen molar-refractivity contribution in [3.8, 4) is 0 Å². The molecule has 0 unspecified atom stereocenters. The number of rotatable bonds is 0. The van der Waals surface area contributed by atoms with E-state index in [1.807, 2.05) is 6.66 Å². The highest BCUT2D eigenvalue weighted by Crippen LogP contribution is 2.44. The molecule has 0 aromatic carbocycles. The molecule has 0 spiro atoms. The third-order valence-corrected chi connectivity index (χ3v) is 3.53. The summed E-state index contributed by atoms with van der Waals surface area (Å²) in [6, 6.07) is 0. The molecule has 11 heavy (non-hydrogen) atoms. The fourth-order valence-corrected chi connectivity index (χ4v) is 2.22. The van der Waals surface area contributed by atoms with Gasteiger partial charge in [-0.3, -0.25) is 0 Å². The van der Waals surface area contributed by atoms with Crippen molar-refractivity contribution in [2.75, 3.05) is 40.0 Å². The van der Waals surface area contributed by atoms with Gasteiger partial charge in [-0.15, -0.1) is 0 Å². The zero-order valence-corrected chi connectivity index (χ0v) is 8.66. The van der Waals surface area contributed by atoms with Crippen molar-refractivity contribution in [2.24, 2.45) is 0 Å². The van der Waals surface area contributed by atoms with Crippen LogP contribution in [0.5, 0.6) is 0 Å². The van der Waals surface area contributed by atoms with Gasteiger partial charge < -0.3 is 13.9 Å².